The molecule has 0 aliphatic carbocycles. The first-order valence-electron chi connectivity index (χ1n) is 20.9. The quantitative estimate of drug-likeness (QED) is 0.0216. The SMILES string of the molecule is CCCCC/C=C/C/C=C/CCCCCCCCCCCC(=O)O[C@H](COC(=O)CCCCCCCCC)CO[C@H]1O[C@H](CS(=O)(=O)O)[C@@H](O)C(O)C1O. The van der Waals surface area contributed by atoms with Crippen LogP contribution >= 0.6 is 0 Å². The molecule has 1 aliphatic rings. The summed E-state index contributed by atoms with van der Waals surface area (Å²) in [6.07, 6.45) is 24.0. The molecule has 0 aromatic heterocycles. The molecule has 0 saturated carbocycles. The van der Waals surface area contributed by atoms with Crippen molar-refractivity contribution in [3.8, 4) is 0 Å². The van der Waals surface area contributed by atoms with Crippen molar-refractivity contribution in [1.82, 2.24) is 0 Å². The number of hydrogen-bond acceptors (Lipinski definition) is 11. The van der Waals surface area contributed by atoms with Gasteiger partial charge in [0.05, 0.1) is 6.61 Å². The zero-order valence-electron chi connectivity index (χ0n) is 33.3. The number of unbranched alkanes of at least 4 members (excludes halogenated alkanes) is 18. The summed E-state index contributed by atoms with van der Waals surface area (Å²) in [5.74, 6) is -1.99. The lowest BCUT2D eigenvalue weighted by Crippen LogP contribution is -2.60. The molecule has 0 spiro atoms. The first kappa shape index (κ1) is 50.1. The molecule has 1 aliphatic heterocycles. The fourth-order valence-corrected chi connectivity index (χ4v) is 6.93. The van der Waals surface area contributed by atoms with Gasteiger partial charge in [-0.15, -0.1) is 0 Å². The maximum Gasteiger partial charge on any atom is 0.306 e. The van der Waals surface area contributed by atoms with Crippen LogP contribution in [0, 0.1) is 0 Å². The molecule has 1 rings (SSSR count). The minimum atomic E-state index is -4.59. The number of hydrogen-bond donors (Lipinski definition) is 4. The minimum absolute atomic E-state index is 0.161. The number of aliphatic hydroxyl groups excluding tert-OH is 3. The second kappa shape index (κ2) is 32.2. The highest BCUT2D eigenvalue weighted by atomic mass is 32.2. The Kier molecular flexibility index (Phi) is 29.9. The van der Waals surface area contributed by atoms with E-state index in [1.54, 1.807) is 0 Å². The van der Waals surface area contributed by atoms with E-state index in [2.05, 4.69) is 38.2 Å². The lowest BCUT2D eigenvalue weighted by Gasteiger charge is -2.40. The average Bonchev–Trinajstić information content (AvgIpc) is 3.13. The first-order valence-corrected chi connectivity index (χ1v) is 22.5. The van der Waals surface area contributed by atoms with E-state index in [4.69, 9.17) is 18.9 Å². The molecule has 6 atom stereocenters. The summed E-state index contributed by atoms with van der Waals surface area (Å²) in [6, 6.07) is 0. The molecule has 13 heteroatoms. The van der Waals surface area contributed by atoms with E-state index in [0.29, 0.717) is 12.8 Å². The third kappa shape index (κ3) is 26.9. The van der Waals surface area contributed by atoms with E-state index in [9.17, 15) is 37.9 Å². The topological polar surface area (TPSA) is 186 Å². The number of allylic oxidation sites excluding steroid dienone is 4. The van der Waals surface area contributed by atoms with Gasteiger partial charge in [0.2, 0.25) is 0 Å². The van der Waals surface area contributed by atoms with E-state index in [-0.39, 0.29) is 19.4 Å². The molecule has 1 fully saturated rings. The van der Waals surface area contributed by atoms with Crippen LogP contribution in [-0.4, -0.2) is 96.0 Å². The molecule has 0 aromatic rings. The molecule has 0 amide bonds. The molecule has 54 heavy (non-hydrogen) atoms. The number of esters is 2. The highest BCUT2D eigenvalue weighted by Gasteiger charge is 2.46. The summed E-state index contributed by atoms with van der Waals surface area (Å²) in [4.78, 5) is 25.2. The van der Waals surface area contributed by atoms with Gasteiger partial charge in [0.25, 0.3) is 10.1 Å². The molecule has 0 radical (unpaired) electrons. The third-order valence-electron chi connectivity index (χ3n) is 9.53. The van der Waals surface area contributed by atoms with Crippen LogP contribution < -0.4 is 0 Å². The Hall–Kier alpha value is -1.87. The van der Waals surface area contributed by atoms with Crippen LogP contribution in [0.5, 0.6) is 0 Å². The smallest absolute Gasteiger partial charge is 0.306 e. The highest BCUT2D eigenvalue weighted by Crippen LogP contribution is 2.24. The summed E-state index contributed by atoms with van der Waals surface area (Å²) in [5, 5.41) is 30.7. The van der Waals surface area contributed by atoms with Gasteiger partial charge in [0.15, 0.2) is 12.4 Å². The molecular formula is C41H74O12S. The maximum absolute atomic E-state index is 12.7. The van der Waals surface area contributed by atoms with Gasteiger partial charge in [-0.05, 0) is 44.9 Å². The molecule has 4 N–H and O–H groups in total. The van der Waals surface area contributed by atoms with E-state index in [1.807, 2.05) is 0 Å². The van der Waals surface area contributed by atoms with Gasteiger partial charge in [-0.25, -0.2) is 0 Å². The van der Waals surface area contributed by atoms with Crippen LogP contribution in [0.3, 0.4) is 0 Å². The van der Waals surface area contributed by atoms with Crippen LogP contribution in [0.15, 0.2) is 24.3 Å². The Balaban J connectivity index is 2.41. The summed E-state index contributed by atoms with van der Waals surface area (Å²) < 4.78 is 53.8. The Morgan fingerprint density at radius 2 is 1.11 bits per heavy atom. The number of carbonyl (C=O) groups is 2. The first-order chi connectivity index (χ1) is 26.0. The molecular weight excluding hydrogens is 717 g/mol. The highest BCUT2D eigenvalue weighted by molar-refractivity contribution is 7.85. The predicted molar refractivity (Wildman–Crippen MR) is 210 cm³/mol. The number of aliphatic hydroxyl groups is 3. The van der Waals surface area contributed by atoms with E-state index < -0.39 is 71.2 Å². The largest absolute Gasteiger partial charge is 0.462 e. The molecule has 1 saturated heterocycles. The minimum Gasteiger partial charge on any atom is -0.462 e. The van der Waals surface area contributed by atoms with Crippen molar-refractivity contribution in [3.63, 3.8) is 0 Å². The molecule has 316 valence electrons. The van der Waals surface area contributed by atoms with Crippen molar-refractivity contribution in [2.45, 2.75) is 205 Å². The lowest BCUT2D eigenvalue weighted by molar-refractivity contribution is -0.297. The summed E-state index contributed by atoms with van der Waals surface area (Å²) in [5.41, 5.74) is 0. The predicted octanol–water partition coefficient (Wildman–Crippen LogP) is 7.67. The van der Waals surface area contributed by atoms with Crippen LogP contribution in [0.4, 0.5) is 0 Å². The Bertz CT molecular complexity index is 1110. The normalized spacial score (nSPS) is 21.2. The van der Waals surface area contributed by atoms with Crippen molar-refractivity contribution in [3.05, 3.63) is 24.3 Å². The van der Waals surface area contributed by atoms with Gasteiger partial charge in [-0.1, -0.05) is 134 Å². The van der Waals surface area contributed by atoms with Crippen molar-refractivity contribution in [2.75, 3.05) is 19.0 Å². The fraction of sp³-hybridized carbons (Fsp3) is 0.854. The van der Waals surface area contributed by atoms with Gasteiger partial charge < -0.3 is 34.3 Å². The van der Waals surface area contributed by atoms with Gasteiger partial charge >= 0.3 is 11.9 Å². The molecule has 12 nitrogen and oxygen atoms in total. The molecule has 0 bridgehead atoms. The fourth-order valence-electron chi connectivity index (χ4n) is 6.24. The van der Waals surface area contributed by atoms with E-state index >= 15 is 0 Å². The van der Waals surface area contributed by atoms with Crippen molar-refractivity contribution in [1.29, 1.82) is 0 Å². The molecule has 2 unspecified atom stereocenters. The summed E-state index contributed by atoms with van der Waals surface area (Å²) in [6.45, 7) is 3.66. The maximum atomic E-state index is 12.7. The van der Waals surface area contributed by atoms with Crippen LogP contribution in [0.2, 0.25) is 0 Å². The Morgan fingerprint density at radius 3 is 1.67 bits per heavy atom. The lowest BCUT2D eigenvalue weighted by atomic mass is 10.00. The number of carbonyl (C=O) groups excluding carboxylic acids is 2. The summed E-state index contributed by atoms with van der Waals surface area (Å²) >= 11 is 0. The number of ether oxygens (including phenoxy) is 4. The Morgan fingerprint density at radius 1 is 0.630 bits per heavy atom. The average molecular weight is 791 g/mol. The van der Waals surface area contributed by atoms with Gasteiger partial charge in [-0.3, -0.25) is 14.1 Å². The van der Waals surface area contributed by atoms with Gasteiger partial charge in [0.1, 0.15) is 36.8 Å². The van der Waals surface area contributed by atoms with Gasteiger partial charge in [-0.2, -0.15) is 8.42 Å². The van der Waals surface area contributed by atoms with Crippen molar-refractivity contribution < 1.29 is 56.8 Å². The van der Waals surface area contributed by atoms with E-state index in [0.717, 1.165) is 57.8 Å². The number of rotatable bonds is 34. The zero-order valence-corrected chi connectivity index (χ0v) is 34.1. The van der Waals surface area contributed by atoms with Crippen LogP contribution in [0.25, 0.3) is 0 Å². The standard InChI is InChI=1S/C41H74O12S/c1-3-5-7-9-11-12-13-14-15-16-17-18-19-20-21-22-24-26-28-30-37(43)52-34(31-50-36(42)29-27-25-23-10-8-6-4-2)32-51-41-40(46)39(45)38(44)35(53-41)33-54(47,48)49/h11-12,14-15,34-35,38-41,44-46H,3-10,13,16-33H2,1-2H3,(H,47,48,49)/b12-11+,15-14+/t34-,35-,38-,39?,40?,41+/m1/s1. The van der Waals surface area contributed by atoms with E-state index in [1.165, 1.54) is 70.6 Å². The van der Waals surface area contributed by atoms with Crippen LogP contribution in [-0.2, 0) is 38.7 Å². The van der Waals surface area contributed by atoms with Crippen molar-refractivity contribution in [2.24, 2.45) is 0 Å². The zero-order chi connectivity index (χ0) is 39.9. The Labute approximate surface area is 326 Å². The van der Waals surface area contributed by atoms with Crippen molar-refractivity contribution >= 4 is 22.1 Å². The monoisotopic (exact) mass is 790 g/mol. The second-order valence-corrected chi connectivity index (χ2v) is 16.2. The van der Waals surface area contributed by atoms with Gasteiger partial charge in [0, 0.05) is 12.8 Å². The van der Waals surface area contributed by atoms with Crippen LogP contribution in [0.1, 0.15) is 168 Å². The summed E-state index contributed by atoms with van der Waals surface area (Å²) in [7, 11) is -4.59. The molecule has 1 heterocycles. The third-order valence-corrected chi connectivity index (χ3v) is 10.3. The second-order valence-electron chi connectivity index (χ2n) is 14.7. The molecule has 0 aromatic carbocycles.